The van der Waals surface area contributed by atoms with E-state index in [-0.39, 0.29) is 17.9 Å². The number of carbonyl (C=O) groups is 2. The Bertz CT molecular complexity index is 1760. The molecule has 0 spiro atoms. The molecule has 3 unspecified atom stereocenters. The molecule has 0 radical (unpaired) electrons. The number of nitrogens with zero attached hydrogens (tertiary/aromatic N) is 6. The monoisotopic (exact) mass is 550 g/mol. The number of benzene rings is 1. The summed E-state index contributed by atoms with van der Waals surface area (Å²) in [6.45, 7) is 4.65. The second kappa shape index (κ2) is 8.33. The van der Waals surface area contributed by atoms with E-state index in [1.165, 1.54) is 19.3 Å². The summed E-state index contributed by atoms with van der Waals surface area (Å²) >= 11 is 0. The fourth-order valence-corrected chi connectivity index (χ4v) is 8.26. The van der Waals surface area contributed by atoms with E-state index in [0.29, 0.717) is 42.3 Å². The minimum Gasteiger partial charge on any atom is -0.494 e. The van der Waals surface area contributed by atoms with E-state index in [2.05, 4.69) is 26.2 Å². The molecule has 3 aromatic heterocycles. The normalized spacial score (nSPS) is 26.6. The number of methoxy groups -OCH3 is 1. The lowest BCUT2D eigenvalue weighted by molar-refractivity contribution is -0.134. The standard InChI is InChI=1S/C32H34N6O3/c1-17(39)35-15-23(16-35)38-29-24(34-31(38)26-10-19-4-3-7-33-30(19)36(26)13-18-5-6-18)9-21(12-27(29)41-2)32(40)37-14-22-8-20-11-25(37)28(20)22/h3-4,7,9-10,12,18,20,22-23,25,28H,5-6,8,11,13-16H2,1-2H3/t20?,22?,25?,28-/m1/s1. The molecule has 5 aliphatic rings. The lowest BCUT2D eigenvalue weighted by Gasteiger charge is -2.52. The molecule has 1 aromatic carbocycles. The maximum absolute atomic E-state index is 13.9. The van der Waals surface area contributed by atoms with Crippen LogP contribution in [0.3, 0.4) is 0 Å². The van der Waals surface area contributed by atoms with Crippen molar-refractivity contribution >= 4 is 33.9 Å². The van der Waals surface area contributed by atoms with Crippen molar-refractivity contribution in [2.24, 2.45) is 23.7 Å². The molecule has 9 nitrogen and oxygen atoms in total. The maximum Gasteiger partial charge on any atom is 0.254 e. The highest BCUT2D eigenvalue weighted by molar-refractivity contribution is 6.00. The molecule has 210 valence electrons. The van der Waals surface area contributed by atoms with Gasteiger partial charge in [-0.2, -0.15) is 0 Å². The Morgan fingerprint density at radius 3 is 2.66 bits per heavy atom. The summed E-state index contributed by atoms with van der Waals surface area (Å²) in [6, 6.07) is 10.6. The summed E-state index contributed by atoms with van der Waals surface area (Å²) in [6.07, 6.45) is 6.75. The highest BCUT2D eigenvalue weighted by atomic mass is 16.5. The van der Waals surface area contributed by atoms with Gasteiger partial charge in [-0.15, -0.1) is 0 Å². The molecule has 2 saturated heterocycles. The van der Waals surface area contributed by atoms with Gasteiger partial charge in [-0.1, -0.05) is 0 Å². The molecule has 3 aliphatic carbocycles. The molecule has 5 fully saturated rings. The van der Waals surface area contributed by atoms with Crippen LogP contribution in [0.15, 0.2) is 36.5 Å². The van der Waals surface area contributed by atoms with Gasteiger partial charge in [0.15, 0.2) is 5.82 Å². The number of imidazole rings is 1. The van der Waals surface area contributed by atoms with E-state index in [1.54, 1.807) is 14.0 Å². The van der Waals surface area contributed by atoms with Gasteiger partial charge in [0.05, 0.1) is 24.4 Å². The predicted molar refractivity (Wildman–Crippen MR) is 154 cm³/mol. The summed E-state index contributed by atoms with van der Waals surface area (Å²) in [5.41, 5.74) is 4.28. The van der Waals surface area contributed by atoms with E-state index in [1.807, 2.05) is 29.3 Å². The fraction of sp³-hybridized carbons (Fsp3) is 0.500. The van der Waals surface area contributed by atoms with Gasteiger partial charge in [0.2, 0.25) is 5.91 Å². The molecular weight excluding hydrogens is 516 g/mol. The summed E-state index contributed by atoms with van der Waals surface area (Å²) < 4.78 is 10.6. The first-order valence-electron chi connectivity index (χ1n) is 15.1. The number of pyridine rings is 1. The number of rotatable bonds is 6. The second-order valence-corrected chi connectivity index (χ2v) is 13.0. The maximum atomic E-state index is 13.9. The number of hydrogen-bond acceptors (Lipinski definition) is 5. The average molecular weight is 551 g/mol. The number of ether oxygens (including phenoxy) is 1. The Morgan fingerprint density at radius 1 is 1.07 bits per heavy atom. The van der Waals surface area contributed by atoms with Crippen LogP contribution < -0.4 is 4.74 Å². The first-order chi connectivity index (χ1) is 20.0. The number of carbonyl (C=O) groups excluding carboxylic acids is 2. The topological polar surface area (TPSA) is 85.5 Å². The Hall–Kier alpha value is -3.88. The molecule has 5 heterocycles. The zero-order valence-electron chi connectivity index (χ0n) is 23.5. The summed E-state index contributed by atoms with van der Waals surface area (Å²) in [7, 11) is 1.67. The van der Waals surface area contributed by atoms with Gasteiger partial charge in [-0.3, -0.25) is 9.59 Å². The second-order valence-electron chi connectivity index (χ2n) is 13.0. The van der Waals surface area contributed by atoms with Crippen molar-refractivity contribution in [2.45, 2.75) is 51.2 Å². The van der Waals surface area contributed by atoms with Crippen LogP contribution in [-0.2, 0) is 11.3 Å². The summed E-state index contributed by atoms with van der Waals surface area (Å²) in [5, 5.41) is 1.09. The molecule has 3 saturated carbocycles. The zero-order valence-corrected chi connectivity index (χ0v) is 23.5. The molecule has 9 heteroatoms. The third kappa shape index (κ3) is 3.35. The Labute approximate surface area is 238 Å². The third-order valence-corrected chi connectivity index (χ3v) is 10.7. The van der Waals surface area contributed by atoms with Crippen molar-refractivity contribution in [1.29, 1.82) is 0 Å². The minimum atomic E-state index is 0.0656. The largest absolute Gasteiger partial charge is 0.494 e. The molecule has 2 amide bonds. The van der Waals surface area contributed by atoms with E-state index in [0.717, 1.165) is 64.9 Å². The number of amides is 2. The summed E-state index contributed by atoms with van der Waals surface area (Å²) in [5.74, 6) is 4.57. The van der Waals surface area contributed by atoms with Crippen molar-refractivity contribution in [3.05, 3.63) is 42.1 Å². The minimum absolute atomic E-state index is 0.0656. The van der Waals surface area contributed by atoms with Crippen molar-refractivity contribution in [3.8, 4) is 17.3 Å². The SMILES string of the molecule is COc1cc(C(=O)N2CC3CC4CC2[C@H]43)cc2nc(-c3cc4cccnc4n3CC3CC3)n(C3CN(C(C)=O)C3)c12. The average Bonchev–Trinajstić information content (AvgIpc) is 3.57. The number of likely N-dealkylation sites (tertiary alicyclic amines) is 2. The van der Waals surface area contributed by atoms with E-state index in [4.69, 9.17) is 14.7 Å². The first kappa shape index (κ1) is 23.8. The van der Waals surface area contributed by atoms with Gasteiger partial charge in [-0.25, -0.2) is 9.97 Å². The first-order valence-corrected chi connectivity index (χ1v) is 15.1. The van der Waals surface area contributed by atoms with Crippen LogP contribution in [-0.4, -0.2) is 73.5 Å². The van der Waals surface area contributed by atoms with Crippen LogP contribution >= 0.6 is 0 Å². The fourth-order valence-electron chi connectivity index (χ4n) is 8.26. The summed E-state index contributed by atoms with van der Waals surface area (Å²) in [4.78, 5) is 40.0. The van der Waals surface area contributed by atoms with Gasteiger partial charge >= 0.3 is 0 Å². The zero-order chi connectivity index (χ0) is 27.6. The van der Waals surface area contributed by atoms with Crippen LogP contribution in [0.2, 0.25) is 0 Å². The van der Waals surface area contributed by atoms with Crippen LogP contribution in [0.25, 0.3) is 33.6 Å². The van der Waals surface area contributed by atoms with Crippen LogP contribution in [0.5, 0.6) is 5.75 Å². The lowest BCUT2D eigenvalue weighted by atomic mass is 9.53. The molecule has 4 atom stereocenters. The quantitative estimate of drug-likeness (QED) is 0.356. The Balaban J connectivity index is 1.20. The van der Waals surface area contributed by atoms with Crippen molar-refractivity contribution in [1.82, 2.24) is 28.9 Å². The molecule has 9 rings (SSSR count). The predicted octanol–water partition coefficient (Wildman–Crippen LogP) is 4.36. The van der Waals surface area contributed by atoms with Gasteiger partial charge in [0.1, 0.15) is 16.9 Å². The molecule has 41 heavy (non-hydrogen) atoms. The van der Waals surface area contributed by atoms with Gasteiger partial charge < -0.3 is 23.7 Å². The molecule has 0 bridgehead atoms. The van der Waals surface area contributed by atoms with Crippen LogP contribution in [0, 0.1) is 23.7 Å². The van der Waals surface area contributed by atoms with E-state index >= 15 is 0 Å². The van der Waals surface area contributed by atoms with Crippen molar-refractivity contribution < 1.29 is 14.3 Å². The number of hydrogen-bond donors (Lipinski definition) is 0. The van der Waals surface area contributed by atoms with Crippen LogP contribution in [0.4, 0.5) is 0 Å². The van der Waals surface area contributed by atoms with Crippen molar-refractivity contribution in [3.63, 3.8) is 0 Å². The molecule has 4 aromatic rings. The number of aromatic nitrogens is 4. The number of fused-ring (bicyclic) bond motifs is 2. The third-order valence-electron chi connectivity index (χ3n) is 10.7. The van der Waals surface area contributed by atoms with Crippen molar-refractivity contribution in [2.75, 3.05) is 26.7 Å². The highest BCUT2D eigenvalue weighted by Crippen LogP contribution is 2.60. The van der Waals surface area contributed by atoms with Gasteiger partial charge in [-0.05, 0) is 79.7 Å². The smallest absolute Gasteiger partial charge is 0.254 e. The molecule has 0 N–H and O–H groups in total. The van der Waals surface area contributed by atoms with E-state index < -0.39 is 0 Å². The van der Waals surface area contributed by atoms with Crippen LogP contribution in [0.1, 0.15) is 49.0 Å². The molecular formula is C32H34N6O3. The molecule has 2 aliphatic heterocycles. The van der Waals surface area contributed by atoms with Gasteiger partial charge in [0.25, 0.3) is 5.91 Å². The van der Waals surface area contributed by atoms with Gasteiger partial charge in [0, 0.05) is 56.3 Å². The van der Waals surface area contributed by atoms with E-state index in [9.17, 15) is 9.59 Å². The highest BCUT2D eigenvalue weighted by Gasteiger charge is 2.61. The lowest BCUT2D eigenvalue weighted by Crippen LogP contribution is -2.53. The Kier molecular flexibility index (Phi) is 4.83. The Morgan fingerprint density at radius 2 is 1.93 bits per heavy atom.